The fraction of sp³-hybridized carbons (Fsp3) is 0.667. The van der Waals surface area contributed by atoms with Crippen LogP contribution < -0.4 is 5.32 Å². The highest BCUT2D eigenvalue weighted by molar-refractivity contribution is 5.38. The van der Waals surface area contributed by atoms with E-state index in [2.05, 4.69) is 30.3 Å². The summed E-state index contributed by atoms with van der Waals surface area (Å²) in [6.07, 6.45) is 6.13. The van der Waals surface area contributed by atoms with E-state index in [-0.39, 0.29) is 0 Å². The van der Waals surface area contributed by atoms with E-state index in [0.29, 0.717) is 17.2 Å². The molecule has 3 heteroatoms. The van der Waals surface area contributed by atoms with Crippen molar-refractivity contribution in [1.29, 1.82) is 0 Å². The maximum Gasteiger partial charge on any atom is 0.115 e. The number of rotatable bonds is 3. The van der Waals surface area contributed by atoms with E-state index in [9.17, 15) is 5.11 Å². The Kier molecular flexibility index (Phi) is 4.23. The quantitative estimate of drug-likeness (QED) is 0.897. The minimum atomic E-state index is 0.396. The van der Waals surface area contributed by atoms with Gasteiger partial charge in [0.2, 0.25) is 0 Å². The van der Waals surface area contributed by atoms with Crippen molar-refractivity contribution < 1.29 is 5.11 Å². The number of benzene rings is 1. The predicted octanol–water partition coefficient (Wildman–Crippen LogP) is 3.09. The summed E-state index contributed by atoms with van der Waals surface area (Å²) in [4.78, 5) is 2.43. The topological polar surface area (TPSA) is 35.5 Å². The molecule has 3 nitrogen and oxygen atoms in total. The molecule has 0 radical (unpaired) electrons. The lowest BCUT2D eigenvalue weighted by molar-refractivity contribution is 0.132. The molecule has 21 heavy (non-hydrogen) atoms. The van der Waals surface area contributed by atoms with Gasteiger partial charge in [-0.25, -0.2) is 0 Å². The molecule has 1 aliphatic heterocycles. The molecule has 0 saturated carbocycles. The van der Waals surface area contributed by atoms with E-state index < -0.39 is 0 Å². The fourth-order valence-electron chi connectivity index (χ4n) is 3.70. The summed E-state index contributed by atoms with van der Waals surface area (Å²) in [5, 5.41) is 13.6. The Balaban J connectivity index is 1.65. The molecule has 2 N–H and O–H groups in total. The fourth-order valence-corrected chi connectivity index (χ4v) is 3.70. The third-order valence-corrected chi connectivity index (χ3v) is 5.41. The lowest BCUT2D eigenvalue weighted by Gasteiger charge is -2.39. The molecule has 1 aromatic rings. The van der Waals surface area contributed by atoms with Crippen LogP contribution in [-0.2, 0) is 6.42 Å². The van der Waals surface area contributed by atoms with Gasteiger partial charge in [-0.2, -0.15) is 0 Å². The molecule has 1 aromatic carbocycles. The second-order valence-electron chi connectivity index (χ2n) is 7.32. The molecule has 1 aliphatic carbocycles. The number of nitrogens with zero attached hydrogens (tertiary/aromatic N) is 1. The van der Waals surface area contributed by atoms with Gasteiger partial charge < -0.3 is 15.3 Å². The van der Waals surface area contributed by atoms with Crippen LogP contribution in [0.25, 0.3) is 0 Å². The van der Waals surface area contributed by atoms with Crippen molar-refractivity contribution in [2.24, 2.45) is 5.41 Å². The first-order valence-electron chi connectivity index (χ1n) is 8.29. The predicted molar refractivity (Wildman–Crippen MR) is 86.6 cm³/mol. The molecule has 0 aromatic heterocycles. The monoisotopic (exact) mass is 288 g/mol. The SMILES string of the molecule is CN1CCC(C)(CNC2CCCc3ccc(O)cc32)CC1. The number of aryl methyl sites for hydroxylation is 1. The Morgan fingerprint density at radius 3 is 2.86 bits per heavy atom. The highest BCUT2D eigenvalue weighted by Crippen LogP contribution is 2.34. The Labute approximate surface area is 128 Å². The van der Waals surface area contributed by atoms with Crippen molar-refractivity contribution in [3.05, 3.63) is 29.3 Å². The molecule has 0 amide bonds. The molecule has 3 rings (SSSR count). The van der Waals surface area contributed by atoms with E-state index >= 15 is 0 Å². The Morgan fingerprint density at radius 2 is 2.10 bits per heavy atom. The largest absolute Gasteiger partial charge is 0.508 e. The number of hydrogen-bond acceptors (Lipinski definition) is 3. The van der Waals surface area contributed by atoms with Gasteiger partial charge in [-0.1, -0.05) is 13.0 Å². The summed E-state index contributed by atoms with van der Waals surface area (Å²) in [5.74, 6) is 0.396. The molecule has 1 fully saturated rings. The van der Waals surface area contributed by atoms with Gasteiger partial charge in [0.05, 0.1) is 0 Å². The van der Waals surface area contributed by atoms with Gasteiger partial charge in [-0.3, -0.25) is 0 Å². The minimum absolute atomic E-state index is 0.396. The van der Waals surface area contributed by atoms with Gasteiger partial charge in [-0.15, -0.1) is 0 Å². The van der Waals surface area contributed by atoms with Crippen LogP contribution in [0.5, 0.6) is 5.75 Å². The van der Waals surface area contributed by atoms with Crippen LogP contribution in [0.4, 0.5) is 0 Å². The van der Waals surface area contributed by atoms with E-state index in [4.69, 9.17) is 0 Å². The first-order chi connectivity index (χ1) is 10.1. The Morgan fingerprint density at radius 1 is 1.33 bits per heavy atom. The zero-order valence-electron chi connectivity index (χ0n) is 13.4. The molecule has 0 bridgehead atoms. The van der Waals surface area contributed by atoms with E-state index in [1.807, 2.05) is 12.1 Å². The molecular weight excluding hydrogens is 260 g/mol. The first kappa shape index (κ1) is 14.9. The molecule has 1 unspecified atom stereocenters. The number of nitrogens with one attached hydrogen (secondary N) is 1. The Bertz CT molecular complexity index is 492. The van der Waals surface area contributed by atoms with E-state index in [1.54, 1.807) is 0 Å². The number of phenolic OH excluding ortho intramolecular Hbond substituents is 1. The summed E-state index contributed by atoms with van der Waals surface area (Å²) < 4.78 is 0. The summed E-state index contributed by atoms with van der Waals surface area (Å²) in [7, 11) is 2.22. The summed E-state index contributed by atoms with van der Waals surface area (Å²) in [6.45, 7) is 5.92. The first-order valence-corrected chi connectivity index (χ1v) is 8.29. The van der Waals surface area contributed by atoms with Gasteiger partial charge in [0.15, 0.2) is 0 Å². The van der Waals surface area contributed by atoms with Crippen LogP contribution in [0.2, 0.25) is 0 Å². The summed E-state index contributed by atoms with van der Waals surface area (Å²) in [5.41, 5.74) is 3.14. The van der Waals surface area contributed by atoms with Crippen LogP contribution in [-0.4, -0.2) is 36.7 Å². The van der Waals surface area contributed by atoms with Crippen molar-refractivity contribution in [3.63, 3.8) is 0 Å². The van der Waals surface area contributed by atoms with Crippen LogP contribution in [0.15, 0.2) is 18.2 Å². The zero-order chi connectivity index (χ0) is 14.9. The molecule has 1 saturated heterocycles. The maximum atomic E-state index is 9.77. The number of likely N-dealkylation sites (tertiary alicyclic amines) is 1. The van der Waals surface area contributed by atoms with Gasteiger partial charge >= 0.3 is 0 Å². The highest BCUT2D eigenvalue weighted by atomic mass is 16.3. The lowest BCUT2D eigenvalue weighted by atomic mass is 9.79. The van der Waals surface area contributed by atoms with Crippen molar-refractivity contribution in [1.82, 2.24) is 10.2 Å². The highest BCUT2D eigenvalue weighted by Gasteiger charge is 2.30. The standard InChI is InChI=1S/C18H28N2O/c1-18(8-10-20(2)11-9-18)13-19-17-5-3-4-14-6-7-15(21)12-16(14)17/h6-7,12,17,19,21H,3-5,8-11,13H2,1-2H3. The van der Waals surface area contributed by atoms with Crippen LogP contribution >= 0.6 is 0 Å². The van der Waals surface area contributed by atoms with Gasteiger partial charge in [0.25, 0.3) is 0 Å². The number of piperidine rings is 1. The summed E-state index contributed by atoms with van der Waals surface area (Å²) in [6, 6.07) is 6.29. The van der Waals surface area contributed by atoms with Crippen molar-refractivity contribution in [2.45, 2.75) is 45.1 Å². The third kappa shape index (κ3) is 3.41. The van der Waals surface area contributed by atoms with Gasteiger partial charge in [0.1, 0.15) is 5.75 Å². The van der Waals surface area contributed by atoms with Crippen molar-refractivity contribution >= 4 is 0 Å². The number of phenols is 1. The average molecular weight is 288 g/mol. The smallest absolute Gasteiger partial charge is 0.115 e. The molecular formula is C18H28N2O. The normalized spacial score (nSPS) is 25.5. The van der Waals surface area contributed by atoms with Gasteiger partial charge in [0, 0.05) is 12.6 Å². The lowest BCUT2D eigenvalue weighted by Crippen LogP contribution is -2.43. The third-order valence-electron chi connectivity index (χ3n) is 5.41. The Hall–Kier alpha value is -1.06. The van der Waals surface area contributed by atoms with Crippen LogP contribution in [0.3, 0.4) is 0 Å². The average Bonchev–Trinajstić information content (AvgIpc) is 2.49. The number of fused-ring (bicyclic) bond motifs is 1. The number of hydrogen-bond donors (Lipinski definition) is 2. The van der Waals surface area contributed by atoms with E-state index in [1.165, 1.54) is 49.9 Å². The van der Waals surface area contributed by atoms with Gasteiger partial charge in [-0.05, 0) is 80.9 Å². The number of aromatic hydroxyl groups is 1. The molecule has 1 heterocycles. The molecule has 116 valence electrons. The van der Waals surface area contributed by atoms with Crippen LogP contribution in [0.1, 0.15) is 49.8 Å². The van der Waals surface area contributed by atoms with Crippen molar-refractivity contribution in [3.8, 4) is 5.75 Å². The second kappa shape index (κ2) is 5.98. The van der Waals surface area contributed by atoms with E-state index in [0.717, 1.165) is 13.0 Å². The molecule has 2 aliphatic rings. The maximum absolute atomic E-state index is 9.77. The van der Waals surface area contributed by atoms with Crippen molar-refractivity contribution in [2.75, 3.05) is 26.7 Å². The van der Waals surface area contributed by atoms with Crippen LogP contribution in [0, 0.1) is 5.41 Å². The minimum Gasteiger partial charge on any atom is -0.508 e. The molecule has 0 spiro atoms. The molecule has 1 atom stereocenters. The zero-order valence-corrected chi connectivity index (χ0v) is 13.4. The second-order valence-corrected chi connectivity index (χ2v) is 7.32. The summed E-state index contributed by atoms with van der Waals surface area (Å²) >= 11 is 0.